The second kappa shape index (κ2) is 6.05. The maximum Gasteiger partial charge on any atom is 0.159 e. The highest BCUT2D eigenvalue weighted by Gasteiger charge is 2.16. The van der Waals surface area contributed by atoms with Crippen LogP contribution in [0.4, 0.5) is 0 Å². The third-order valence-electron chi connectivity index (χ3n) is 6.94. The molecule has 3 aromatic heterocycles. The molecule has 3 heterocycles. The van der Waals surface area contributed by atoms with E-state index < -0.39 is 0 Å². The lowest BCUT2D eigenvalue weighted by Gasteiger charge is -2.08. The first-order valence-corrected chi connectivity index (χ1v) is 11.2. The fraction of sp³-hybridized carbons (Fsp3) is 0. The molecule has 0 amide bonds. The van der Waals surface area contributed by atoms with Crippen molar-refractivity contribution >= 4 is 65.6 Å². The van der Waals surface area contributed by atoms with E-state index >= 15 is 0 Å². The average molecular weight is 422 g/mol. The number of rotatable bonds is 1. The molecule has 0 saturated carbocycles. The smallest absolute Gasteiger partial charge is 0.159 e. The quantitative estimate of drug-likeness (QED) is 0.283. The van der Waals surface area contributed by atoms with Crippen LogP contribution in [-0.4, -0.2) is 9.55 Å². The Morgan fingerprint density at radius 1 is 0.545 bits per heavy atom. The molecule has 33 heavy (non-hydrogen) atoms. The van der Waals surface area contributed by atoms with Crippen molar-refractivity contribution < 1.29 is 4.42 Å². The molecule has 0 aliphatic heterocycles. The Kier molecular flexibility index (Phi) is 3.14. The summed E-state index contributed by atoms with van der Waals surface area (Å²) in [5.74, 6) is 0. The Hall–Kier alpha value is -4.50. The minimum absolute atomic E-state index is 0.920. The number of H-pyrrole nitrogens is 1. The molecule has 0 radical (unpaired) electrons. The standard InChI is InChI=1S/C30H18N2O/c1-4-10-26-20(7-1)21-8-2-5-11-27(21)32(26)18-13-14-19-23-15-16-24-22-9-3-6-12-28(22)33-30(24)29(23)31-25(19)17-18/h1-17,31H. The number of para-hydroxylation sites is 3. The summed E-state index contributed by atoms with van der Waals surface area (Å²) in [5, 5.41) is 7.23. The zero-order chi connectivity index (χ0) is 21.5. The van der Waals surface area contributed by atoms with Crippen molar-refractivity contribution in [2.24, 2.45) is 0 Å². The van der Waals surface area contributed by atoms with Crippen LogP contribution in [0.15, 0.2) is 108 Å². The molecule has 0 bridgehead atoms. The summed E-state index contributed by atoms with van der Waals surface area (Å²) in [7, 11) is 0. The summed E-state index contributed by atoms with van der Waals surface area (Å²) < 4.78 is 8.63. The number of nitrogens with one attached hydrogen (secondary N) is 1. The number of aromatic nitrogens is 2. The van der Waals surface area contributed by atoms with Crippen molar-refractivity contribution in [1.29, 1.82) is 0 Å². The van der Waals surface area contributed by atoms with Crippen LogP contribution in [0, 0.1) is 0 Å². The third kappa shape index (κ3) is 2.18. The maximum atomic E-state index is 6.28. The van der Waals surface area contributed by atoms with Gasteiger partial charge in [0.05, 0.1) is 16.6 Å². The summed E-state index contributed by atoms with van der Waals surface area (Å²) in [6.07, 6.45) is 0. The summed E-state index contributed by atoms with van der Waals surface area (Å²) in [5.41, 5.74) is 7.58. The molecule has 0 atom stereocenters. The fourth-order valence-electron chi connectivity index (χ4n) is 5.48. The normalized spacial score (nSPS) is 12.2. The zero-order valence-electron chi connectivity index (χ0n) is 17.7. The van der Waals surface area contributed by atoms with E-state index in [4.69, 9.17) is 4.42 Å². The lowest BCUT2D eigenvalue weighted by molar-refractivity contribution is 0.672. The minimum atomic E-state index is 0.920. The van der Waals surface area contributed by atoms with E-state index in [0.717, 1.165) is 38.7 Å². The lowest BCUT2D eigenvalue weighted by atomic mass is 10.1. The molecule has 3 heteroatoms. The van der Waals surface area contributed by atoms with Crippen LogP contribution in [0.5, 0.6) is 0 Å². The molecule has 154 valence electrons. The topological polar surface area (TPSA) is 33.9 Å². The molecule has 3 nitrogen and oxygen atoms in total. The van der Waals surface area contributed by atoms with Crippen molar-refractivity contribution in [2.45, 2.75) is 0 Å². The van der Waals surface area contributed by atoms with Gasteiger partial charge in [-0.15, -0.1) is 0 Å². The van der Waals surface area contributed by atoms with Gasteiger partial charge in [-0.3, -0.25) is 0 Å². The first kappa shape index (κ1) is 17.1. The first-order valence-electron chi connectivity index (χ1n) is 11.2. The van der Waals surface area contributed by atoms with E-state index in [9.17, 15) is 0 Å². The first-order chi connectivity index (χ1) is 16.4. The molecule has 0 aliphatic carbocycles. The molecule has 0 fully saturated rings. The molecule has 0 spiro atoms. The molecular formula is C30H18N2O. The van der Waals surface area contributed by atoms with E-state index in [2.05, 4.69) is 101 Å². The highest BCUT2D eigenvalue weighted by molar-refractivity contribution is 6.20. The van der Waals surface area contributed by atoms with Crippen LogP contribution in [0.3, 0.4) is 0 Å². The van der Waals surface area contributed by atoms with E-state index in [1.54, 1.807) is 0 Å². The van der Waals surface area contributed by atoms with E-state index in [0.29, 0.717) is 0 Å². The number of benzene rings is 5. The lowest BCUT2D eigenvalue weighted by Crippen LogP contribution is -1.93. The molecule has 0 saturated heterocycles. The molecule has 8 rings (SSSR count). The van der Waals surface area contributed by atoms with Crippen LogP contribution in [0.2, 0.25) is 0 Å². The molecule has 0 aliphatic rings. The van der Waals surface area contributed by atoms with Crippen molar-refractivity contribution in [3.05, 3.63) is 103 Å². The van der Waals surface area contributed by atoms with Gasteiger partial charge in [0.1, 0.15) is 5.58 Å². The number of hydrogen-bond acceptors (Lipinski definition) is 1. The average Bonchev–Trinajstić information content (AvgIpc) is 3.53. The Bertz CT molecular complexity index is 1980. The van der Waals surface area contributed by atoms with Crippen LogP contribution in [0.25, 0.3) is 71.2 Å². The van der Waals surface area contributed by atoms with Gasteiger partial charge in [0.25, 0.3) is 0 Å². The second-order valence-corrected chi connectivity index (χ2v) is 8.69. The summed E-state index contributed by atoms with van der Waals surface area (Å²) >= 11 is 0. The van der Waals surface area contributed by atoms with E-state index in [1.807, 2.05) is 12.1 Å². The van der Waals surface area contributed by atoms with Crippen molar-refractivity contribution in [3.8, 4) is 5.69 Å². The van der Waals surface area contributed by atoms with Crippen molar-refractivity contribution in [1.82, 2.24) is 9.55 Å². The Morgan fingerprint density at radius 3 is 1.97 bits per heavy atom. The van der Waals surface area contributed by atoms with Gasteiger partial charge >= 0.3 is 0 Å². The highest BCUT2D eigenvalue weighted by Crippen LogP contribution is 2.38. The fourth-order valence-corrected chi connectivity index (χ4v) is 5.48. The molecule has 1 N–H and O–H groups in total. The second-order valence-electron chi connectivity index (χ2n) is 8.69. The highest BCUT2D eigenvalue weighted by atomic mass is 16.3. The predicted molar refractivity (Wildman–Crippen MR) is 137 cm³/mol. The SMILES string of the molecule is c1ccc2c(c1)oc1c2ccc2c3ccc(-n4c5ccccc5c5ccccc54)cc3[nH]c21. The van der Waals surface area contributed by atoms with Crippen LogP contribution >= 0.6 is 0 Å². The molecular weight excluding hydrogens is 404 g/mol. The Morgan fingerprint density at radius 2 is 1.18 bits per heavy atom. The monoisotopic (exact) mass is 422 g/mol. The number of nitrogens with zero attached hydrogens (tertiary/aromatic N) is 1. The number of aromatic amines is 1. The Balaban J connectivity index is 1.45. The molecule has 5 aromatic carbocycles. The van der Waals surface area contributed by atoms with Gasteiger partial charge in [-0.1, -0.05) is 66.7 Å². The van der Waals surface area contributed by atoms with Crippen molar-refractivity contribution in [2.75, 3.05) is 0 Å². The van der Waals surface area contributed by atoms with E-state index in [1.165, 1.54) is 32.6 Å². The number of hydrogen-bond donors (Lipinski definition) is 1. The van der Waals surface area contributed by atoms with Crippen LogP contribution in [-0.2, 0) is 0 Å². The van der Waals surface area contributed by atoms with Gasteiger partial charge in [0.2, 0.25) is 0 Å². The van der Waals surface area contributed by atoms with Gasteiger partial charge in [-0.2, -0.15) is 0 Å². The minimum Gasteiger partial charge on any atom is -0.454 e. The van der Waals surface area contributed by atoms with Crippen LogP contribution < -0.4 is 0 Å². The van der Waals surface area contributed by atoms with Gasteiger partial charge < -0.3 is 14.0 Å². The summed E-state index contributed by atoms with van der Waals surface area (Å²) in [6.45, 7) is 0. The molecule has 0 unspecified atom stereocenters. The zero-order valence-corrected chi connectivity index (χ0v) is 17.7. The van der Waals surface area contributed by atoms with Gasteiger partial charge in [-0.25, -0.2) is 0 Å². The summed E-state index contributed by atoms with van der Waals surface area (Å²) in [6, 6.07) is 36.5. The number of fused-ring (bicyclic) bond motifs is 10. The summed E-state index contributed by atoms with van der Waals surface area (Å²) in [4.78, 5) is 3.67. The van der Waals surface area contributed by atoms with E-state index in [-0.39, 0.29) is 0 Å². The molecule has 8 aromatic rings. The van der Waals surface area contributed by atoms with Crippen LogP contribution in [0.1, 0.15) is 0 Å². The van der Waals surface area contributed by atoms with Gasteiger partial charge in [0.15, 0.2) is 5.58 Å². The third-order valence-corrected chi connectivity index (χ3v) is 6.94. The maximum absolute atomic E-state index is 6.28. The number of furan rings is 1. The largest absolute Gasteiger partial charge is 0.454 e. The van der Waals surface area contributed by atoms with Gasteiger partial charge in [-0.05, 0) is 36.4 Å². The van der Waals surface area contributed by atoms with Crippen molar-refractivity contribution in [3.63, 3.8) is 0 Å². The van der Waals surface area contributed by atoms with Gasteiger partial charge in [0, 0.05) is 43.5 Å². The predicted octanol–water partition coefficient (Wildman–Crippen LogP) is 8.32. The Labute approximate surface area is 188 Å².